The monoisotopic (exact) mass is 283 g/mol. The minimum absolute atomic E-state index is 0.899. The zero-order valence-corrected chi connectivity index (χ0v) is 13.0. The third-order valence-corrected chi connectivity index (χ3v) is 3.49. The summed E-state index contributed by atoms with van der Waals surface area (Å²) >= 11 is 0. The molecule has 1 aromatic carbocycles. The Kier molecular flexibility index (Phi) is 6.22. The third kappa shape index (κ3) is 4.87. The van der Waals surface area contributed by atoms with Gasteiger partial charge < -0.3 is 10.2 Å². The molecule has 0 atom stereocenters. The highest BCUT2D eigenvalue weighted by Gasteiger charge is 2.07. The van der Waals surface area contributed by atoms with Gasteiger partial charge in [-0.05, 0) is 43.1 Å². The average Bonchev–Trinajstić information content (AvgIpc) is 2.54. The predicted molar refractivity (Wildman–Crippen MR) is 89.4 cm³/mol. The van der Waals surface area contributed by atoms with Crippen LogP contribution in [-0.2, 0) is 13.1 Å². The second-order valence-corrected chi connectivity index (χ2v) is 5.20. The molecule has 0 spiro atoms. The van der Waals surface area contributed by atoms with Crippen molar-refractivity contribution in [2.75, 3.05) is 18.0 Å². The number of hydrogen-bond donors (Lipinski definition) is 1. The Morgan fingerprint density at radius 1 is 1.05 bits per heavy atom. The molecular weight excluding hydrogens is 258 g/mol. The Morgan fingerprint density at radius 3 is 2.57 bits per heavy atom. The van der Waals surface area contributed by atoms with Crippen molar-refractivity contribution in [3.8, 4) is 0 Å². The van der Waals surface area contributed by atoms with E-state index in [2.05, 4.69) is 71.5 Å². The van der Waals surface area contributed by atoms with Crippen molar-refractivity contribution >= 4 is 5.82 Å². The Hall–Kier alpha value is -1.87. The van der Waals surface area contributed by atoms with E-state index in [1.807, 2.05) is 6.20 Å². The lowest BCUT2D eigenvalue weighted by Crippen LogP contribution is -2.23. The van der Waals surface area contributed by atoms with Crippen molar-refractivity contribution < 1.29 is 0 Å². The van der Waals surface area contributed by atoms with Gasteiger partial charge in [0.2, 0.25) is 0 Å². The zero-order chi connectivity index (χ0) is 14.9. The SMILES string of the molecule is CCCNCc1ccnc(N(CC)Cc2ccccc2)c1. The minimum atomic E-state index is 0.899. The highest BCUT2D eigenvalue weighted by molar-refractivity contribution is 5.41. The molecule has 0 amide bonds. The second kappa shape index (κ2) is 8.42. The molecule has 3 nitrogen and oxygen atoms in total. The smallest absolute Gasteiger partial charge is 0.129 e. The van der Waals surface area contributed by atoms with E-state index < -0.39 is 0 Å². The lowest BCUT2D eigenvalue weighted by Gasteiger charge is -2.22. The van der Waals surface area contributed by atoms with Gasteiger partial charge in [-0.1, -0.05) is 37.3 Å². The maximum Gasteiger partial charge on any atom is 0.129 e. The van der Waals surface area contributed by atoms with E-state index in [0.29, 0.717) is 0 Å². The van der Waals surface area contributed by atoms with E-state index in [1.54, 1.807) is 0 Å². The molecule has 21 heavy (non-hydrogen) atoms. The summed E-state index contributed by atoms with van der Waals surface area (Å²) in [6.45, 7) is 8.17. The summed E-state index contributed by atoms with van der Waals surface area (Å²) in [7, 11) is 0. The van der Waals surface area contributed by atoms with Crippen molar-refractivity contribution in [2.24, 2.45) is 0 Å². The number of rotatable bonds is 8. The molecule has 112 valence electrons. The van der Waals surface area contributed by atoms with Gasteiger partial charge in [-0.15, -0.1) is 0 Å². The van der Waals surface area contributed by atoms with Gasteiger partial charge >= 0.3 is 0 Å². The van der Waals surface area contributed by atoms with Crippen LogP contribution in [0.25, 0.3) is 0 Å². The van der Waals surface area contributed by atoms with Gasteiger partial charge in [0.25, 0.3) is 0 Å². The first kappa shape index (κ1) is 15.5. The molecule has 0 unspecified atom stereocenters. The van der Waals surface area contributed by atoms with Gasteiger partial charge in [0, 0.05) is 25.8 Å². The number of aromatic nitrogens is 1. The van der Waals surface area contributed by atoms with Crippen LogP contribution in [0.4, 0.5) is 5.82 Å². The van der Waals surface area contributed by atoms with Gasteiger partial charge in [0.15, 0.2) is 0 Å². The van der Waals surface area contributed by atoms with E-state index in [1.165, 1.54) is 11.1 Å². The van der Waals surface area contributed by atoms with Crippen LogP contribution >= 0.6 is 0 Å². The highest BCUT2D eigenvalue weighted by Crippen LogP contribution is 2.15. The van der Waals surface area contributed by atoms with Crippen LogP contribution in [0.3, 0.4) is 0 Å². The molecule has 0 radical (unpaired) electrons. The van der Waals surface area contributed by atoms with Crippen molar-refractivity contribution in [2.45, 2.75) is 33.4 Å². The van der Waals surface area contributed by atoms with E-state index >= 15 is 0 Å². The summed E-state index contributed by atoms with van der Waals surface area (Å²) in [6, 6.07) is 14.8. The van der Waals surface area contributed by atoms with Gasteiger partial charge in [-0.3, -0.25) is 0 Å². The summed E-state index contributed by atoms with van der Waals surface area (Å²) in [4.78, 5) is 6.84. The topological polar surface area (TPSA) is 28.2 Å². The van der Waals surface area contributed by atoms with Crippen molar-refractivity contribution in [3.63, 3.8) is 0 Å². The van der Waals surface area contributed by atoms with Crippen LogP contribution in [0, 0.1) is 0 Å². The molecule has 0 saturated heterocycles. The normalized spacial score (nSPS) is 10.6. The molecule has 0 aliphatic heterocycles. The molecule has 3 heteroatoms. The van der Waals surface area contributed by atoms with Crippen LogP contribution < -0.4 is 10.2 Å². The van der Waals surface area contributed by atoms with E-state index in [-0.39, 0.29) is 0 Å². The number of pyridine rings is 1. The first-order chi connectivity index (χ1) is 10.3. The van der Waals surface area contributed by atoms with Gasteiger partial charge in [-0.2, -0.15) is 0 Å². The Morgan fingerprint density at radius 2 is 1.86 bits per heavy atom. The molecular formula is C18H25N3. The van der Waals surface area contributed by atoms with Crippen LogP contribution in [0.5, 0.6) is 0 Å². The standard InChI is InChI=1S/C18H25N3/c1-3-11-19-14-17-10-12-20-18(13-17)21(4-2)15-16-8-6-5-7-9-16/h5-10,12-13,19H,3-4,11,14-15H2,1-2H3. The fourth-order valence-corrected chi connectivity index (χ4v) is 2.31. The molecule has 0 saturated carbocycles. The molecule has 1 heterocycles. The summed E-state index contributed by atoms with van der Waals surface area (Å²) in [5, 5.41) is 3.44. The van der Waals surface area contributed by atoms with Crippen LogP contribution in [0.15, 0.2) is 48.7 Å². The minimum Gasteiger partial charge on any atom is -0.353 e. The zero-order valence-electron chi connectivity index (χ0n) is 13.0. The van der Waals surface area contributed by atoms with E-state index in [9.17, 15) is 0 Å². The molecule has 1 aromatic heterocycles. The fraction of sp³-hybridized carbons (Fsp3) is 0.389. The largest absolute Gasteiger partial charge is 0.353 e. The summed E-state index contributed by atoms with van der Waals surface area (Å²) < 4.78 is 0. The lowest BCUT2D eigenvalue weighted by molar-refractivity contribution is 0.674. The van der Waals surface area contributed by atoms with Crippen molar-refractivity contribution in [1.82, 2.24) is 10.3 Å². The maximum absolute atomic E-state index is 4.53. The van der Waals surface area contributed by atoms with E-state index in [0.717, 1.165) is 38.4 Å². The Labute approximate surface area is 128 Å². The Bertz CT molecular complexity index is 525. The number of benzene rings is 1. The van der Waals surface area contributed by atoms with Gasteiger partial charge in [-0.25, -0.2) is 4.98 Å². The molecule has 0 aliphatic rings. The summed E-state index contributed by atoms with van der Waals surface area (Å²) in [5.41, 5.74) is 2.61. The third-order valence-electron chi connectivity index (χ3n) is 3.49. The summed E-state index contributed by atoms with van der Waals surface area (Å²) in [6.07, 6.45) is 3.07. The van der Waals surface area contributed by atoms with Crippen molar-refractivity contribution in [1.29, 1.82) is 0 Å². The molecule has 2 rings (SSSR count). The first-order valence-corrected chi connectivity index (χ1v) is 7.78. The molecule has 0 fully saturated rings. The molecule has 1 N–H and O–H groups in total. The van der Waals surface area contributed by atoms with E-state index in [4.69, 9.17) is 0 Å². The predicted octanol–water partition coefficient (Wildman–Crippen LogP) is 3.61. The van der Waals surface area contributed by atoms with Gasteiger partial charge in [0.1, 0.15) is 5.82 Å². The Balaban J connectivity index is 2.05. The average molecular weight is 283 g/mol. The molecule has 0 bridgehead atoms. The lowest BCUT2D eigenvalue weighted by atomic mass is 10.2. The highest BCUT2D eigenvalue weighted by atomic mass is 15.2. The number of anilines is 1. The second-order valence-electron chi connectivity index (χ2n) is 5.20. The van der Waals surface area contributed by atoms with Crippen molar-refractivity contribution in [3.05, 3.63) is 59.8 Å². The number of nitrogens with zero attached hydrogens (tertiary/aromatic N) is 2. The quantitative estimate of drug-likeness (QED) is 0.750. The number of nitrogens with one attached hydrogen (secondary N) is 1. The first-order valence-electron chi connectivity index (χ1n) is 7.78. The van der Waals surface area contributed by atoms with Crippen LogP contribution in [0.1, 0.15) is 31.4 Å². The fourth-order valence-electron chi connectivity index (χ4n) is 2.31. The summed E-state index contributed by atoms with van der Waals surface area (Å²) in [5.74, 6) is 1.05. The van der Waals surface area contributed by atoms with Crippen LogP contribution in [-0.4, -0.2) is 18.1 Å². The maximum atomic E-state index is 4.53. The number of hydrogen-bond acceptors (Lipinski definition) is 3. The molecule has 0 aliphatic carbocycles. The van der Waals surface area contributed by atoms with Gasteiger partial charge in [0.05, 0.1) is 0 Å². The molecule has 2 aromatic rings. The van der Waals surface area contributed by atoms with Crippen LogP contribution in [0.2, 0.25) is 0 Å².